The van der Waals surface area contributed by atoms with Crippen molar-refractivity contribution in [3.8, 4) is 0 Å². The molecule has 0 saturated heterocycles. The average molecular weight is 437 g/mol. The number of aromatic nitrogens is 2. The average Bonchev–Trinajstić information content (AvgIpc) is 3.32. The fraction of sp³-hybridized carbons (Fsp3) is 0.182. The Morgan fingerprint density at radius 3 is 2.77 bits per heavy atom. The normalized spacial score (nSPS) is 10.9. The topological polar surface area (TPSA) is 103 Å². The molecule has 1 N–H and O–H groups in total. The number of para-hydroxylation sites is 3. The number of aryl methyl sites for hydroxylation is 1. The maximum absolute atomic E-state index is 12.3. The van der Waals surface area contributed by atoms with Crippen molar-refractivity contribution >= 4 is 40.0 Å². The third-order valence-corrected chi connectivity index (χ3v) is 5.47. The highest BCUT2D eigenvalue weighted by Crippen LogP contribution is 2.16. The van der Waals surface area contributed by atoms with Crippen LogP contribution in [0, 0.1) is 6.92 Å². The molecule has 4 rings (SSSR count). The second-order valence-electron chi connectivity index (χ2n) is 6.85. The molecule has 31 heavy (non-hydrogen) atoms. The monoisotopic (exact) mass is 437 g/mol. The highest BCUT2D eigenvalue weighted by atomic mass is 32.1. The number of hydrogen-bond donors (Lipinski definition) is 1. The van der Waals surface area contributed by atoms with Crippen molar-refractivity contribution in [1.29, 1.82) is 0 Å². The van der Waals surface area contributed by atoms with Crippen LogP contribution in [0.3, 0.4) is 0 Å². The minimum absolute atomic E-state index is 0.0424. The van der Waals surface area contributed by atoms with Gasteiger partial charge in [-0.3, -0.25) is 14.2 Å². The molecule has 0 aliphatic carbocycles. The van der Waals surface area contributed by atoms with Crippen molar-refractivity contribution < 1.29 is 18.7 Å². The quantitative estimate of drug-likeness (QED) is 0.445. The molecule has 4 aromatic rings. The van der Waals surface area contributed by atoms with Crippen LogP contribution in [0.2, 0.25) is 0 Å². The van der Waals surface area contributed by atoms with Crippen LogP contribution < -0.4 is 11.1 Å². The number of hydrogen-bond acceptors (Lipinski definition) is 7. The molecular formula is C22H19N3O5S. The number of fused-ring (bicyclic) bond motifs is 1. The molecule has 0 spiro atoms. The maximum atomic E-state index is 12.3. The number of anilines is 1. The van der Waals surface area contributed by atoms with E-state index in [1.807, 2.05) is 31.2 Å². The summed E-state index contributed by atoms with van der Waals surface area (Å²) in [5.74, 6) is -1.37. The zero-order chi connectivity index (χ0) is 21.8. The summed E-state index contributed by atoms with van der Waals surface area (Å²) in [5.41, 5.74) is 3.22. The molecule has 0 bridgehead atoms. The van der Waals surface area contributed by atoms with Crippen LogP contribution >= 0.6 is 11.3 Å². The Morgan fingerprint density at radius 2 is 1.94 bits per heavy atom. The van der Waals surface area contributed by atoms with Crippen molar-refractivity contribution in [2.75, 3.05) is 5.32 Å². The number of benzene rings is 2. The molecule has 0 atom stereocenters. The Hall–Kier alpha value is -3.72. The maximum Gasteiger partial charge on any atom is 0.420 e. The first-order valence-corrected chi connectivity index (χ1v) is 10.4. The fourth-order valence-corrected chi connectivity index (χ4v) is 3.81. The van der Waals surface area contributed by atoms with Crippen LogP contribution in [0.5, 0.6) is 0 Å². The summed E-state index contributed by atoms with van der Waals surface area (Å²) in [7, 11) is 0. The van der Waals surface area contributed by atoms with E-state index in [9.17, 15) is 14.4 Å². The van der Waals surface area contributed by atoms with Crippen molar-refractivity contribution in [1.82, 2.24) is 9.55 Å². The lowest BCUT2D eigenvalue weighted by Crippen LogP contribution is -2.21. The van der Waals surface area contributed by atoms with Crippen LogP contribution in [0.1, 0.15) is 16.3 Å². The van der Waals surface area contributed by atoms with Crippen LogP contribution in [0.25, 0.3) is 11.1 Å². The molecule has 0 fully saturated rings. The van der Waals surface area contributed by atoms with E-state index in [-0.39, 0.29) is 25.5 Å². The molecular weight excluding hydrogens is 418 g/mol. The molecule has 8 nitrogen and oxygen atoms in total. The SMILES string of the molecule is Cc1ccccc1NC(=O)Cc1nc(COC(=O)Cn2c(=O)oc3ccccc32)cs1. The van der Waals surface area contributed by atoms with Gasteiger partial charge >= 0.3 is 11.7 Å². The second kappa shape index (κ2) is 8.97. The predicted molar refractivity (Wildman–Crippen MR) is 116 cm³/mol. The van der Waals surface area contributed by atoms with Crippen molar-refractivity contribution in [3.05, 3.63) is 80.7 Å². The summed E-state index contributed by atoms with van der Waals surface area (Å²) >= 11 is 1.32. The van der Waals surface area contributed by atoms with Gasteiger partial charge in [0.1, 0.15) is 18.2 Å². The second-order valence-corrected chi connectivity index (χ2v) is 7.80. The highest BCUT2D eigenvalue weighted by Gasteiger charge is 2.14. The zero-order valence-electron chi connectivity index (χ0n) is 16.7. The van der Waals surface area contributed by atoms with Crippen LogP contribution in [-0.4, -0.2) is 21.4 Å². The summed E-state index contributed by atoms with van der Waals surface area (Å²) in [6.07, 6.45) is 0.128. The Morgan fingerprint density at radius 1 is 1.16 bits per heavy atom. The number of carbonyl (C=O) groups is 2. The molecule has 0 aliphatic rings. The van der Waals surface area contributed by atoms with Gasteiger partial charge in [-0.25, -0.2) is 9.78 Å². The Balaban J connectivity index is 1.31. The number of ether oxygens (including phenoxy) is 1. The molecule has 0 saturated carbocycles. The molecule has 2 heterocycles. The lowest BCUT2D eigenvalue weighted by molar-refractivity contribution is -0.145. The van der Waals surface area contributed by atoms with Gasteiger partial charge < -0.3 is 14.5 Å². The first-order valence-electron chi connectivity index (χ1n) is 9.52. The molecule has 0 radical (unpaired) electrons. The van der Waals surface area contributed by atoms with E-state index in [4.69, 9.17) is 9.15 Å². The Bertz CT molecular complexity index is 1300. The molecule has 2 aromatic heterocycles. The molecule has 158 valence electrons. The number of oxazole rings is 1. The predicted octanol–water partition coefficient (Wildman–Crippen LogP) is 3.28. The molecule has 0 unspecified atom stereocenters. The number of amides is 1. The minimum Gasteiger partial charge on any atom is -0.458 e. The number of nitrogens with zero attached hydrogens (tertiary/aromatic N) is 2. The van der Waals surface area contributed by atoms with E-state index >= 15 is 0 Å². The zero-order valence-corrected chi connectivity index (χ0v) is 17.5. The van der Waals surface area contributed by atoms with Gasteiger partial charge in [-0.2, -0.15) is 0 Å². The summed E-state index contributed by atoms with van der Waals surface area (Å²) in [6.45, 7) is 1.62. The Kier molecular flexibility index (Phi) is 5.94. The van der Waals surface area contributed by atoms with Crippen LogP contribution in [0.15, 0.2) is 63.1 Å². The van der Waals surface area contributed by atoms with Crippen LogP contribution in [0.4, 0.5) is 5.69 Å². The van der Waals surface area contributed by atoms with E-state index in [2.05, 4.69) is 10.3 Å². The van der Waals surface area contributed by atoms with Gasteiger partial charge in [0, 0.05) is 11.1 Å². The third kappa shape index (κ3) is 4.89. The first-order chi connectivity index (χ1) is 15.0. The number of carbonyl (C=O) groups excluding carboxylic acids is 2. The highest BCUT2D eigenvalue weighted by molar-refractivity contribution is 7.09. The lowest BCUT2D eigenvalue weighted by atomic mass is 10.2. The number of esters is 1. The smallest absolute Gasteiger partial charge is 0.420 e. The summed E-state index contributed by atoms with van der Waals surface area (Å²) < 4.78 is 11.6. The van der Waals surface area contributed by atoms with Crippen molar-refractivity contribution in [2.45, 2.75) is 26.5 Å². The van der Waals surface area contributed by atoms with Gasteiger partial charge in [0.15, 0.2) is 5.58 Å². The van der Waals surface area contributed by atoms with Crippen molar-refractivity contribution in [3.63, 3.8) is 0 Å². The van der Waals surface area contributed by atoms with Crippen molar-refractivity contribution in [2.24, 2.45) is 0 Å². The van der Waals surface area contributed by atoms with E-state index in [1.165, 1.54) is 15.9 Å². The first kappa shape index (κ1) is 20.5. The van der Waals surface area contributed by atoms with Gasteiger partial charge in [-0.1, -0.05) is 30.3 Å². The molecule has 9 heteroatoms. The van der Waals surface area contributed by atoms with Crippen LogP contribution in [-0.2, 0) is 33.9 Å². The van der Waals surface area contributed by atoms with Gasteiger partial charge in [-0.05, 0) is 30.7 Å². The molecule has 0 aliphatic heterocycles. The van der Waals surface area contributed by atoms with Gasteiger partial charge in [-0.15, -0.1) is 11.3 Å². The number of nitrogens with one attached hydrogen (secondary N) is 1. The lowest BCUT2D eigenvalue weighted by Gasteiger charge is -2.06. The standard InChI is InChI=1S/C22H19N3O5S/c1-14-6-2-3-7-16(14)24-19(26)10-20-23-15(13-31-20)12-29-21(27)11-25-17-8-4-5-9-18(17)30-22(25)28/h2-9,13H,10-12H2,1H3,(H,24,26). The molecule has 2 aromatic carbocycles. The van der Waals surface area contributed by atoms with Gasteiger partial charge in [0.2, 0.25) is 5.91 Å². The fourth-order valence-electron chi connectivity index (χ4n) is 3.03. The van der Waals surface area contributed by atoms with Gasteiger partial charge in [0.05, 0.1) is 17.6 Å². The third-order valence-electron chi connectivity index (χ3n) is 4.57. The molecule has 1 amide bonds. The summed E-state index contributed by atoms with van der Waals surface area (Å²) in [6, 6.07) is 14.4. The van der Waals surface area contributed by atoms with E-state index in [1.54, 1.807) is 29.6 Å². The van der Waals surface area contributed by atoms with E-state index < -0.39 is 11.7 Å². The largest absolute Gasteiger partial charge is 0.458 e. The summed E-state index contributed by atoms with van der Waals surface area (Å²) in [5, 5.41) is 5.22. The number of thiazole rings is 1. The minimum atomic E-state index is -0.617. The number of rotatable bonds is 7. The Labute approximate surface area is 181 Å². The summed E-state index contributed by atoms with van der Waals surface area (Å²) in [4.78, 5) is 40.7. The van der Waals surface area contributed by atoms with E-state index in [0.29, 0.717) is 21.8 Å². The van der Waals surface area contributed by atoms with E-state index in [0.717, 1.165) is 11.3 Å². The van der Waals surface area contributed by atoms with Gasteiger partial charge in [0.25, 0.3) is 0 Å².